The van der Waals surface area contributed by atoms with Gasteiger partial charge in [-0.25, -0.2) is 9.59 Å². The van der Waals surface area contributed by atoms with Gasteiger partial charge in [0.25, 0.3) is 0 Å². The molecule has 0 aromatic heterocycles. The molecule has 4 aliphatic rings. The Hall–Kier alpha value is -5.84. The Balaban J connectivity index is 0.000000254. The van der Waals surface area contributed by atoms with Crippen LogP contribution in [0, 0.1) is 47.3 Å². The van der Waals surface area contributed by atoms with Crippen molar-refractivity contribution in [1.82, 2.24) is 0 Å². The van der Waals surface area contributed by atoms with E-state index >= 15 is 0 Å². The van der Waals surface area contributed by atoms with Gasteiger partial charge in [0, 0.05) is 32.6 Å². The van der Waals surface area contributed by atoms with E-state index in [-0.39, 0.29) is 24.0 Å². The number of halogens is 2. The summed E-state index contributed by atoms with van der Waals surface area (Å²) >= 11 is 6.89. The van der Waals surface area contributed by atoms with Crippen molar-refractivity contribution in [3.63, 3.8) is 0 Å². The van der Waals surface area contributed by atoms with Crippen LogP contribution >= 0.6 is 31.9 Å². The second-order valence-electron chi connectivity index (χ2n) is 16.2. The summed E-state index contributed by atoms with van der Waals surface area (Å²) in [6, 6.07) is 13.8. The van der Waals surface area contributed by atoms with Crippen molar-refractivity contribution in [2.75, 3.05) is 56.9 Å². The molecule has 0 radical (unpaired) electrons. The number of carbonyl (C=O) groups is 8. The molecular formula is C46H50Br2O20. The van der Waals surface area contributed by atoms with Gasteiger partial charge < -0.3 is 58.3 Å². The zero-order chi connectivity index (χ0) is 50.7. The highest BCUT2D eigenvalue weighted by Crippen LogP contribution is 2.62. The molecule has 2 saturated carbocycles. The summed E-state index contributed by atoms with van der Waals surface area (Å²) in [5, 5.41) is 46.5. The maximum Gasteiger partial charge on any atom is 0.337 e. The molecule has 0 aliphatic heterocycles. The molecule has 4 bridgehead atoms. The van der Waals surface area contributed by atoms with Gasteiger partial charge >= 0.3 is 47.8 Å². The van der Waals surface area contributed by atoms with E-state index < -0.39 is 130 Å². The molecule has 4 N–H and O–H groups in total. The van der Waals surface area contributed by atoms with E-state index in [1.807, 2.05) is 0 Å². The highest BCUT2D eigenvalue weighted by Gasteiger charge is 2.73. The first-order valence-electron chi connectivity index (χ1n) is 20.6. The number of hydrogen-bond acceptors (Lipinski definition) is 20. The van der Waals surface area contributed by atoms with Gasteiger partial charge in [0.15, 0.2) is 0 Å². The monoisotopic (exact) mass is 1080 g/mol. The largest absolute Gasteiger partial charge is 0.511 e. The molecule has 20 nitrogen and oxygen atoms in total. The van der Waals surface area contributed by atoms with Gasteiger partial charge in [0.1, 0.15) is 34.6 Å². The third-order valence-electron chi connectivity index (χ3n) is 13.5. The average molecular weight is 1080 g/mol. The molecule has 0 amide bonds. The molecule has 2 aromatic rings. The van der Waals surface area contributed by atoms with E-state index in [0.717, 1.165) is 56.9 Å². The molecule has 22 heteroatoms. The predicted octanol–water partition coefficient (Wildman–Crippen LogP) is 3.30. The lowest BCUT2D eigenvalue weighted by Crippen LogP contribution is -2.68. The topological polar surface area (TPSA) is 291 Å². The molecule has 6 rings (SSSR count). The molecular weight excluding hydrogens is 1030 g/mol. The van der Waals surface area contributed by atoms with Crippen molar-refractivity contribution in [3.8, 4) is 0 Å². The Morgan fingerprint density at radius 3 is 0.956 bits per heavy atom. The predicted molar refractivity (Wildman–Crippen MR) is 236 cm³/mol. The maximum absolute atomic E-state index is 13.2. The highest BCUT2D eigenvalue weighted by molar-refractivity contribution is 9.10. The Labute approximate surface area is 406 Å². The minimum absolute atomic E-state index is 0.0488. The van der Waals surface area contributed by atoms with Crippen LogP contribution in [0.5, 0.6) is 0 Å². The fourth-order valence-electron chi connectivity index (χ4n) is 10.8. The van der Waals surface area contributed by atoms with Gasteiger partial charge in [0.2, 0.25) is 0 Å². The molecule has 0 spiro atoms. The highest BCUT2D eigenvalue weighted by atomic mass is 79.9. The normalized spacial score (nSPS) is 30.2. The van der Waals surface area contributed by atoms with Crippen LogP contribution in [-0.2, 0) is 76.3 Å². The lowest BCUT2D eigenvalue weighted by atomic mass is 9.49. The van der Waals surface area contributed by atoms with Crippen LogP contribution in [0.4, 0.5) is 0 Å². The maximum atomic E-state index is 13.2. The van der Waals surface area contributed by atoms with Crippen molar-refractivity contribution in [3.05, 3.63) is 91.3 Å². The van der Waals surface area contributed by atoms with Crippen LogP contribution in [0.2, 0.25) is 0 Å². The summed E-state index contributed by atoms with van der Waals surface area (Å²) in [5.41, 5.74) is -4.70. The summed E-state index contributed by atoms with van der Waals surface area (Å²) in [4.78, 5) is 104. The van der Waals surface area contributed by atoms with Crippen LogP contribution in [0.25, 0.3) is 0 Å². The van der Waals surface area contributed by atoms with E-state index in [9.17, 15) is 58.8 Å². The van der Waals surface area contributed by atoms with Crippen LogP contribution in [0.3, 0.4) is 0 Å². The number of methoxy groups -OCH3 is 8. The number of rotatable bonds is 10. The van der Waals surface area contributed by atoms with Gasteiger partial charge in [-0.1, -0.05) is 68.3 Å². The van der Waals surface area contributed by atoms with Crippen LogP contribution in [0.15, 0.2) is 80.1 Å². The fraction of sp³-hybridized carbons (Fsp3) is 0.478. The second-order valence-corrected chi connectivity index (χ2v) is 17.9. The third kappa shape index (κ3) is 8.63. The first-order valence-corrected chi connectivity index (χ1v) is 22.2. The van der Waals surface area contributed by atoms with Crippen LogP contribution in [-0.4, -0.2) is 136 Å². The van der Waals surface area contributed by atoms with E-state index in [2.05, 4.69) is 31.9 Å². The van der Waals surface area contributed by atoms with E-state index in [4.69, 9.17) is 37.9 Å². The Morgan fingerprint density at radius 1 is 0.441 bits per heavy atom. The summed E-state index contributed by atoms with van der Waals surface area (Å²) in [5.74, 6) is -23.9. The number of hydrogen-bond donors (Lipinski definition) is 4. The summed E-state index contributed by atoms with van der Waals surface area (Å²) in [7, 11) is 8.53. The molecule has 2 aromatic carbocycles. The molecule has 4 aliphatic carbocycles. The van der Waals surface area contributed by atoms with Crippen molar-refractivity contribution in [2.24, 2.45) is 47.3 Å². The van der Waals surface area contributed by atoms with E-state index in [1.54, 1.807) is 48.5 Å². The molecule has 0 unspecified atom stereocenters. The van der Waals surface area contributed by atoms with Gasteiger partial charge in [-0.2, -0.15) is 0 Å². The fourth-order valence-corrected chi connectivity index (χ4v) is 12.0. The van der Waals surface area contributed by atoms with Crippen molar-refractivity contribution < 1.29 is 96.7 Å². The molecule has 0 heterocycles. The number of aliphatic hydroxyl groups excluding tert-OH is 2. The first kappa shape index (κ1) is 53.1. The quantitative estimate of drug-likeness (QED) is 0.196. The van der Waals surface area contributed by atoms with Crippen LogP contribution in [0.1, 0.15) is 35.8 Å². The van der Waals surface area contributed by atoms with Gasteiger partial charge in [0.05, 0.1) is 91.7 Å². The summed E-state index contributed by atoms with van der Waals surface area (Å²) in [6.07, 6.45) is -0.0975. The molecule has 0 saturated heterocycles. The van der Waals surface area contributed by atoms with Gasteiger partial charge in [-0.15, -0.1) is 0 Å². The molecule has 68 heavy (non-hydrogen) atoms. The van der Waals surface area contributed by atoms with Gasteiger partial charge in [-0.05, 0) is 36.1 Å². The average Bonchev–Trinajstić information content (AvgIpc) is 3.32. The first-order chi connectivity index (χ1) is 32.2. The summed E-state index contributed by atoms with van der Waals surface area (Å²) in [6.45, 7) is 0. The van der Waals surface area contributed by atoms with Crippen molar-refractivity contribution >= 4 is 79.6 Å². The molecule has 12 atom stereocenters. The van der Waals surface area contributed by atoms with E-state index in [1.165, 1.54) is 0 Å². The lowest BCUT2D eigenvalue weighted by Gasteiger charge is -2.55. The zero-order valence-electron chi connectivity index (χ0n) is 37.9. The van der Waals surface area contributed by atoms with Crippen LogP contribution < -0.4 is 0 Å². The molecule has 2 fully saturated rings. The standard InChI is InChI=1S/2C23H25BrO10/c2*1-31-19(26)14-12-9-11(10-7-5-6-8-13(10)24)15(20(27)32-2)23(30,16(12)21(28)33-3)17(18(14)25)22(29)34-4/h2*5-8,11-12,15-17,25,30H,9H2,1-4H3/t2*11-,12-,15+,16+,17+,23+/m00/s1. The van der Waals surface area contributed by atoms with Gasteiger partial charge in [-0.3, -0.25) is 28.8 Å². The number of carbonyl (C=O) groups excluding carboxylic acids is 8. The summed E-state index contributed by atoms with van der Waals surface area (Å²) < 4.78 is 40.2. The van der Waals surface area contributed by atoms with E-state index in [0.29, 0.717) is 20.1 Å². The SMILES string of the molecule is COC(=O)C1=C(O)[C@H](C(=O)OC)[C@]2(O)[C@@H](C(=O)OC)[C@H]1C[C@@H](c1ccccc1Br)[C@@H]2C(=O)OC.COC(=O)C1=C(O)[C@H](C(=O)OC)[C@]2(O)[C@@H](C(=O)OC)[C@H]1C[C@@H](c1ccccc1Br)[C@@H]2C(=O)OC. The van der Waals surface area contributed by atoms with Crippen molar-refractivity contribution in [1.29, 1.82) is 0 Å². The van der Waals surface area contributed by atoms with Crippen molar-refractivity contribution in [2.45, 2.75) is 35.9 Å². The Bertz CT molecular complexity index is 2270. The second kappa shape index (κ2) is 21.2. The smallest absolute Gasteiger partial charge is 0.337 e. The third-order valence-corrected chi connectivity index (χ3v) is 14.9. The Kier molecular flexibility index (Phi) is 16.6. The number of fused-ring (bicyclic) bond motifs is 4. The zero-order valence-corrected chi connectivity index (χ0v) is 41.1. The lowest BCUT2D eigenvalue weighted by molar-refractivity contribution is -0.211. The number of benzene rings is 2. The Morgan fingerprint density at radius 2 is 0.706 bits per heavy atom. The number of ether oxygens (including phenoxy) is 8. The molecule has 368 valence electrons. The minimum atomic E-state index is -2.56. The number of aliphatic hydroxyl groups is 4. The number of esters is 8. The minimum Gasteiger partial charge on any atom is -0.511 e.